The van der Waals surface area contributed by atoms with Crippen molar-refractivity contribution in [3.8, 4) is 23.0 Å². The summed E-state index contributed by atoms with van der Waals surface area (Å²) in [6, 6.07) is 10.4. The summed E-state index contributed by atoms with van der Waals surface area (Å²) < 4.78 is 42.1. The topological polar surface area (TPSA) is 467 Å². The van der Waals surface area contributed by atoms with Gasteiger partial charge in [0.1, 0.15) is 75.5 Å². The van der Waals surface area contributed by atoms with Gasteiger partial charge in [0.2, 0.25) is 29.5 Å². The number of nitrogens with one attached hydrogen (secondary N) is 9. The van der Waals surface area contributed by atoms with Crippen molar-refractivity contribution in [3.63, 3.8) is 0 Å². The van der Waals surface area contributed by atoms with Gasteiger partial charge in [0, 0.05) is 33.1 Å². The van der Waals surface area contributed by atoms with E-state index in [9.17, 15) is 72.2 Å². The van der Waals surface area contributed by atoms with Gasteiger partial charge in [0.25, 0.3) is 23.6 Å². The van der Waals surface area contributed by atoms with Gasteiger partial charge in [-0.05, 0) is 179 Å². The molecule has 0 aliphatic rings. The predicted molar refractivity (Wildman–Crippen MR) is 396 cm³/mol. The maximum Gasteiger partial charge on any atom is 0.341 e. The van der Waals surface area contributed by atoms with Crippen molar-refractivity contribution < 1.29 is 110 Å². The van der Waals surface area contributed by atoms with E-state index in [-0.39, 0.29) is 217 Å². The number of ether oxygens (including phenoxy) is 8. The highest BCUT2D eigenvalue weighted by Crippen LogP contribution is 2.29. The van der Waals surface area contributed by atoms with E-state index in [1.165, 1.54) is 108 Å². The fourth-order valence-corrected chi connectivity index (χ4v) is 11.5. The summed E-state index contributed by atoms with van der Waals surface area (Å²) in [6.07, 6.45) is 1.58. The fourth-order valence-electron chi connectivity index (χ4n) is 11.5. The summed E-state index contributed by atoms with van der Waals surface area (Å²) in [5.74, 6) is -10.8. The zero-order chi connectivity index (χ0) is 80.4. The molecule has 9 amide bonds. The molecule has 5 atom stereocenters. The van der Waals surface area contributed by atoms with Gasteiger partial charge in [-0.2, -0.15) is 0 Å². The highest BCUT2D eigenvalue weighted by Gasteiger charge is 2.34. The number of rotatable bonds is 50. The molecule has 109 heavy (non-hydrogen) atoms. The van der Waals surface area contributed by atoms with Crippen LogP contribution in [0.3, 0.4) is 0 Å². The molecule has 0 aromatic heterocycles. The van der Waals surface area contributed by atoms with Crippen LogP contribution in [0.1, 0.15) is 214 Å². The van der Waals surface area contributed by atoms with Crippen LogP contribution in [0.25, 0.3) is 0 Å². The lowest BCUT2D eigenvalue weighted by atomic mass is 10.0. The lowest BCUT2D eigenvalue weighted by Crippen LogP contribution is -2.58. The van der Waals surface area contributed by atoms with Gasteiger partial charge in [0.05, 0.1) is 77.1 Å². The minimum Gasteiger partial charge on any atom is -0.495 e. The van der Waals surface area contributed by atoms with Gasteiger partial charge in [-0.15, -0.1) is 0 Å². The maximum absolute atomic E-state index is 14.9. The first-order chi connectivity index (χ1) is 52.4. The average molecular weight is 1530 g/mol. The monoisotopic (exact) mass is 1520 g/mol. The third kappa shape index (κ3) is 28.7. The molecule has 0 aliphatic heterocycles. The van der Waals surface area contributed by atoms with E-state index >= 15 is 0 Å². The van der Waals surface area contributed by atoms with Crippen molar-refractivity contribution in [2.45, 2.75) is 161 Å². The summed E-state index contributed by atoms with van der Waals surface area (Å²) >= 11 is 0. The number of methoxy groups -OCH3 is 4. The van der Waals surface area contributed by atoms with Crippen LogP contribution >= 0.6 is 0 Å². The Hall–Kier alpha value is -11.4. The lowest BCUT2D eigenvalue weighted by Gasteiger charge is -2.27. The normalized spacial score (nSPS) is 12.1. The van der Waals surface area contributed by atoms with Crippen LogP contribution in [-0.4, -0.2) is 206 Å². The number of carboxylic acids is 1. The Bertz CT molecular complexity index is 3770. The number of para-hydroxylation sites is 4. The molecule has 0 bridgehead atoms. The first-order valence-corrected chi connectivity index (χ1v) is 36.3. The highest BCUT2D eigenvalue weighted by molar-refractivity contribution is 6.05. The molecule has 0 spiro atoms. The van der Waals surface area contributed by atoms with E-state index in [2.05, 4.69) is 47.9 Å². The third-order valence-corrected chi connectivity index (χ3v) is 16.8. The number of esters is 4. The number of carbonyl (C=O) groups is 14. The van der Waals surface area contributed by atoms with Crippen molar-refractivity contribution in [3.05, 3.63) is 117 Å². The zero-order valence-electron chi connectivity index (χ0n) is 63.3. The van der Waals surface area contributed by atoms with Gasteiger partial charge < -0.3 is 96.6 Å². The molecule has 33 heteroatoms. The van der Waals surface area contributed by atoms with Crippen molar-refractivity contribution in [2.24, 2.45) is 5.73 Å². The van der Waals surface area contributed by atoms with Crippen LogP contribution in [0.15, 0.2) is 72.8 Å². The number of unbranched alkanes of at least 4 members (excludes halogenated alkanes) is 5. The van der Waals surface area contributed by atoms with Crippen molar-refractivity contribution in [2.75, 3.05) is 87.6 Å². The van der Waals surface area contributed by atoms with E-state index < -0.39 is 113 Å². The molecule has 33 nitrogen and oxygen atoms in total. The van der Waals surface area contributed by atoms with Gasteiger partial charge in [-0.1, -0.05) is 24.3 Å². The van der Waals surface area contributed by atoms with Crippen molar-refractivity contribution in [1.82, 2.24) is 47.9 Å². The van der Waals surface area contributed by atoms with E-state index in [4.69, 9.17) is 43.6 Å². The summed E-state index contributed by atoms with van der Waals surface area (Å²) in [5, 5.41) is 34.8. The van der Waals surface area contributed by atoms with E-state index in [0.717, 1.165) is 0 Å². The van der Waals surface area contributed by atoms with Gasteiger partial charge >= 0.3 is 29.8 Å². The Morgan fingerprint density at radius 3 is 0.771 bits per heavy atom. The Kier molecular flexibility index (Phi) is 40.3. The second-order valence-electron chi connectivity index (χ2n) is 24.6. The second kappa shape index (κ2) is 48.7. The molecule has 4 aromatic rings. The molecular formula is C76H104N10O23. The van der Waals surface area contributed by atoms with Crippen LogP contribution in [0.5, 0.6) is 23.0 Å². The van der Waals surface area contributed by atoms with E-state index in [0.29, 0.717) is 6.42 Å². The van der Waals surface area contributed by atoms with Crippen LogP contribution in [0.2, 0.25) is 0 Å². The van der Waals surface area contributed by atoms with Crippen molar-refractivity contribution in [1.29, 1.82) is 0 Å². The molecule has 0 aliphatic carbocycles. The van der Waals surface area contributed by atoms with E-state index in [1.807, 2.05) is 0 Å². The molecule has 4 aromatic carbocycles. The van der Waals surface area contributed by atoms with Gasteiger partial charge in [0.15, 0.2) is 0 Å². The average Bonchev–Trinajstić information content (AvgIpc) is 0.837. The van der Waals surface area contributed by atoms with Crippen molar-refractivity contribution >= 4 is 83.0 Å². The highest BCUT2D eigenvalue weighted by atomic mass is 16.6. The van der Waals surface area contributed by atoms with Gasteiger partial charge in [-0.25, -0.2) is 24.0 Å². The first kappa shape index (κ1) is 90.0. The summed E-state index contributed by atoms with van der Waals surface area (Å²) in [5.41, 5.74) is 6.17. The largest absolute Gasteiger partial charge is 0.495 e. The van der Waals surface area contributed by atoms with Crippen LogP contribution in [0.4, 0.5) is 0 Å². The third-order valence-electron chi connectivity index (χ3n) is 16.8. The number of carbonyl (C=O) groups excluding carboxylic acids is 13. The number of nitrogens with two attached hydrogens (primary N) is 1. The Morgan fingerprint density at radius 1 is 0.330 bits per heavy atom. The summed E-state index contributed by atoms with van der Waals surface area (Å²) in [6.45, 7) is 8.27. The molecule has 596 valence electrons. The molecule has 4 rings (SSSR count). The van der Waals surface area contributed by atoms with Crippen LogP contribution in [-0.2, 0) is 47.7 Å². The molecule has 0 fully saturated rings. The minimum absolute atomic E-state index is 0.00288. The van der Waals surface area contributed by atoms with Gasteiger partial charge in [-0.3, -0.25) is 43.2 Å². The van der Waals surface area contributed by atoms with Crippen LogP contribution < -0.4 is 72.5 Å². The number of aliphatic carboxylic acids is 1. The summed E-state index contributed by atoms with van der Waals surface area (Å²) in [4.78, 5) is 189. The number of benzene rings is 4. The number of carboxylic acid groups (broad SMARTS) is 1. The number of amides is 9. The minimum atomic E-state index is -1.54. The standard InChI is InChI=1S/C76H104N10O23/c1-10-106-73(98)51-32-24-28-47(60(51)102-6)64(88)78-42-20-15-37-55(82-46(5)87)68(92)83-57(38-16-21-43-79-65(89)48-29-25-33-52(61(48)103-7)74(99)107-11-2)70(94)84-56(36-14-19-41-77)69(93)85-58(39-17-22-44-80-66(90)49-30-26-34-53(62(49)104-8)75(100)108-12-3)71(95)86-59(72(96)97)40-18-23-45-81-67(91)50-31-27-35-54(63(50)105-9)76(101)109-13-4/h24-35,55-59H,10-23,36-45,77H2,1-9H3,(H,78,88)(H,79,89)(H,80,90)(H,81,91)(H,82,87)(H,83,92)(H,84,94)(H,85,93)(H,86,95)(H,96,97). The maximum atomic E-state index is 14.9. The molecule has 12 N–H and O–H groups in total. The molecule has 0 saturated heterocycles. The molecular weight excluding hydrogens is 1420 g/mol. The first-order valence-electron chi connectivity index (χ1n) is 36.3. The fraction of sp³-hybridized carbons (Fsp3) is 0.500. The number of hydrogen-bond donors (Lipinski definition) is 11. The zero-order valence-corrected chi connectivity index (χ0v) is 63.3. The SMILES string of the molecule is CCOC(=O)c1cccc(C(=O)NCCCCC(NC(=O)C(CCCCNC(=O)c2cccc(C(=O)OCC)c2OC)NC(=O)C(CCCCN)NC(=O)C(CCCCNC(=O)c2cccc(C(=O)OCC)c2OC)NC(=O)C(CCCCNC(=O)c2cccc(C(=O)OCC)c2OC)NC(C)=O)C(=O)O)c1OC. The Morgan fingerprint density at radius 2 is 0.550 bits per heavy atom. The Balaban J connectivity index is 1.62. The van der Waals surface area contributed by atoms with Crippen LogP contribution in [0, 0.1) is 0 Å². The lowest BCUT2D eigenvalue weighted by molar-refractivity contribution is -0.142. The molecule has 0 radical (unpaired) electrons. The molecule has 0 saturated carbocycles. The molecule has 0 heterocycles. The predicted octanol–water partition coefficient (Wildman–Crippen LogP) is 4.79. The number of hydrogen-bond acceptors (Lipinski definition) is 23. The van der Waals surface area contributed by atoms with E-state index in [1.54, 1.807) is 27.7 Å². The Labute approximate surface area is 633 Å². The molecule has 5 unspecified atom stereocenters. The second-order valence-corrected chi connectivity index (χ2v) is 24.6. The summed E-state index contributed by atoms with van der Waals surface area (Å²) in [7, 11) is 5.18. The quantitative estimate of drug-likeness (QED) is 0.0161. The smallest absolute Gasteiger partial charge is 0.341 e.